The molecular weight excluding hydrogens is 372 g/mol. The number of amides is 2. The van der Waals surface area contributed by atoms with E-state index in [-0.39, 0.29) is 16.7 Å². The van der Waals surface area contributed by atoms with Crippen molar-refractivity contribution < 1.29 is 24.0 Å². The van der Waals surface area contributed by atoms with Crippen molar-refractivity contribution in [1.29, 1.82) is 0 Å². The molecule has 1 aliphatic rings. The highest BCUT2D eigenvalue weighted by Gasteiger charge is 2.38. The number of carbonyl (C=O) groups excluding carboxylic acids is 3. The van der Waals surface area contributed by atoms with Gasteiger partial charge in [-0.3, -0.25) is 9.59 Å². The lowest BCUT2D eigenvalue weighted by Crippen LogP contribution is -2.32. The van der Waals surface area contributed by atoms with Gasteiger partial charge in [-0.25, -0.2) is 4.79 Å². The number of imide groups is 1. The van der Waals surface area contributed by atoms with Crippen LogP contribution in [-0.2, 0) is 4.84 Å². The van der Waals surface area contributed by atoms with Crippen LogP contribution in [0.2, 0.25) is 0 Å². The second-order valence-electron chi connectivity index (χ2n) is 6.67. The number of nitrogens with zero attached hydrogens (tertiary/aromatic N) is 2. The van der Waals surface area contributed by atoms with E-state index >= 15 is 0 Å². The quantitative estimate of drug-likeness (QED) is 0.638. The van der Waals surface area contributed by atoms with Gasteiger partial charge in [0, 0.05) is 11.4 Å². The average molecular weight is 390 g/mol. The van der Waals surface area contributed by atoms with Crippen molar-refractivity contribution in [3.8, 4) is 11.4 Å². The summed E-state index contributed by atoms with van der Waals surface area (Å²) >= 11 is 0. The fraction of sp³-hybridized carbons (Fsp3) is 0.136. The van der Waals surface area contributed by atoms with Crippen LogP contribution < -0.4 is 4.74 Å². The third-order valence-corrected chi connectivity index (χ3v) is 4.86. The smallest absolute Gasteiger partial charge is 0.364 e. The molecule has 0 saturated carbocycles. The van der Waals surface area contributed by atoms with Gasteiger partial charge in [0.1, 0.15) is 5.75 Å². The molecule has 0 saturated heterocycles. The fourth-order valence-corrected chi connectivity index (χ4v) is 3.43. The van der Waals surface area contributed by atoms with Gasteiger partial charge in [-0.2, -0.15) is 0 Å². The summed E-state index contributed by atoms with van der Waals surface area (Å²) in [7, 11) is 1.55. The molecule has 0 bridgehead atoms. The van der Waals surface area contributed by atoms with Gasteiger partial charge in [-0.05, 0) is 56.3 Å². The fourth-order valence-electron chi connectivity index (χ4n) is 3.43. The molecule has 1 aliphatic heterocycles. The molecule has 0 atom stereocenters. The third-order valence-electron chi connectivity index (χ3n) is 4.86. The van der Waals surface area contributed by atoms with Crippen molar-refractivity contribution in [1.82, 2.24) is 9.63 Å². The highest BCUT2D eigenvalue weighted by atomic mass is 16.7. The van der Waals surface area contributed by atoms with Gasteiger partial charge in [0.2, 0.25) is 0 Å². The maximum absolute atomic E-state index is 12.7. The standard InChI is InChI=1S/C22H18N2O5/c1-13-8-9-14(2)23(13)18-12-15(10-11-19(18)28-3)22(27)29-24-20(25)16-6-4-5-7-17(16)21(24)26/h4-12H,1-3H3. The van der Waals surface area contributed by atoms with Gasteiger partial charge in [0.05, 0.1) is 29.5 Å². The number of hydroxylamine groups is 2. The van der Waals surface area contributed by atoms with Gasteiger partial charge >= 0.3 is 5.97 Å². The number of hydrogen-bond donors (Lipinski definition) is 0. The van der Waals surface area contributed by atoms with Crippen LogP contribution in [0.3, 0.4) is 0 Å². The summed E-state index contributed by atoms with van der Waals surface area (Å²) in [5.74, 6) is -1.56. The second kappa shape index (κ2) is 6.94. The summed E-state index contributed by atoms with van der Waals surface area (Å²) in [5.41, 5.74) is 3.19. The molecule has 4 rings (SSSR count). The first-order chi connectivity index (χ1) is 13.9. The molecule has 0 aliphatic carbocycles. The van der Waals surface area contributed by atoms with Crippen LogP contribution in [0.25, 0.3) is 5.69 Å². The number of methoxy groups -OCH3 is 1. The van der Waals surface area contributed by atoms with Gasteiger partial charge in [-0.1, -0.05) is 17.2 Å². The van der Waals surface area contributed by atoms with E-state index in [9.17, 15) is 14.4 Å². The minimum absolute atomic E-state index is 0.185. The van der Waals surface area contributed by atoms with Crippen molar-refractivity contribution in [3.63, 3.8) is 0 Å². The number of carbonyl (C=O) groups is 3. The van der Waals surface area contributed by atoms with Crippen molar-refractivity contribution in [2.45, 2.75) is 13.8 Å². The van der Waals surface area contributed by atoms with Crippen molar-refractivity contribution in [3.05, 3.63) is 82.7 Å². The highest BCUT2D eigenvalue weighted by molar-refractivity contribution is 6.21. The normalized spacial score (nSPS) is 12.9. The van der Waals surface area contributed by atoms with E-state index in [1.165, 1.54) is 18.2 Å². The summed E-state index contributed by atoms with van der Waals surface area (Å²) in [5, 5.41) is 0.503. The topological polar surface area (TPSA) is 77.8 Å². The van der Waals surface area contributed by atoms with Gasteiger partial charge < -0.3 is 14.1 Å². The molecule has 0 N–H and O–H groups in total. The summed E-state index contributed by atoms with van der Waals surface area (Å²) in [4.78, 5) is 42.7. The zero-order valence-electron chi connectivity index (χ0n) is 16.1. The Bertz CT molecular complexity index is 1110. The van der Waals surface area contributed by atoms with Crippen LogP contribution in [0, 0.1) is 13.8 Å². The van der Waals surface area contributed by atoms with E-state index in [1.54, 1.807) is 31.4 Å². The van der Waals surface area contributed by atoms with E-state index in [2.05, 4.69) is 0 Å². The van der Waals surface area contributed by atoms with Crippen molar-refractivity contribution >= 4 is 17.8 Å². The molecule has 7 nitrogen and oxygen atoms in total. The minimum Gasteiger partial charge on any atom is -0.495 e. The van der Waals surface area contributed by atoms with Crippen molar-refractivity contribution in [2.24, 2.45) is 0 Å². The molecule has 146 valence electrons. The Morgan fingerprint density at radius 3 is 2.00 bits per heavy atom. The molecule has 0 spiro atoms. The van der Waals surface area contributed by atoms with Crippen LogP contribution in [0.15, 0.2) is 54.6 Å². The van der Waals surface area contributed by atoms with Gasteiger partial charge in [0.25, 0.3) is 11.8 Å². The Hall–Kier alpha value is -3.87. The monoisotopic (exact) mass is 390 g/mol. The van der Waals surface area contributed by atoms with Crippen LogP contribution in [0.5, 0.6) is 5.75 Å². The lowest BCUT2D eigenvalue weighted by Gasteiger charge is -2.16. The highest BCUT2D eigenvalue weighted by Crippen LogP contribution is 2.29. The number of fused-ring (bicyclic) bond motifs is 1. The van der Waals surface area contributed by atoms with Crippen LogP contribution >= 0.6 is 0 Å². The molecule has 7 heteroatoms. The molecular formula is C22H18N2O5. The predicted molar refractivity (Wildman–Crippen MR) is 104 cm³/mol. The zero-order valence-corrected chi connectivity index (χ0v) is 16.1. The molecule has 2 heterocycles. The molecule has 2 aromatic carbocycles. The predicted octanol–water partition coefficient (Wildman–Crippen LogP) is 3.47. The first-order valence-corrected chi connectivity index (χ1v) is 8.96. The first-order valence-electron chi connectivity index (χ1n) is 8.96. The molecule has 29 heavy (non-hydrogen) atoms. The Morgan fingerprint density at radius 2 is 1.45 bits per heavy atom. The lowest BCUT2D eigenvalue weighted by atomic mass is 10.1. The number of aromatic nitrogens is 1. The largest absolute Gasteiger partial charge is 0.495 e. The number of rotatable bonds is 4. The molecule has 0 unspecified atom stereocenters. The van der Waals surface area contributed by atoms with Gasteiger partial charge in [-0.15, -0.1) is 0 Å². The Morgan fingerprint density at radius 1 is 0.862 bits per heavy atom. The van der Waals surface area contributed by atoms with Crippen LogP contribution in [0.1, 0.15) is 42.5 Å². The third kappa shape index (κ3) is 2.97. The number of benzene rings is 2. The van der Waals surface area contributed by atoms with E-state index in [1.807, 2.05) is 30.5 Å². The summed E-state index contributed by atoms with van der Waals surface area (Å²) in [6, 6.07) is 15.0. The summed E-state index contributed by atoms with van der Waals surface area (Å²) in [6.45, 7) is 3.88. The summed E-state index contributed by atoms with van der Waals surface area (Å²) < 4.78 is 7.37. The molecule has 3 aromatic rings. The lowest BCUT2D eigenvalue weighted by molar-refractivity contribution is -0.0584. The molecule has 0 radical (unpaired) electrons. The molecule has 0 fully saturated rings. The summed E-state index contributed by atoms with van der Waals surface area (Å²) in [6.07, 6.45) is 0. The number of aryl methyl sites for hydroxylation is 2. The Labute approximate surface area is 167 Å². The molecule has 1 aromatic heterocycles. The SMILES string of the molecule is COc1ccc(C(=O)ON2C(=O)c3ccccc3C2=O)cc1-n1c(C)ccc1C. The van der Waals surface area contributed by atoms with E-state index in [0.717, 1.165) is 11.4 Å². The molecule has 2 amide bonds. The average Bonchev–Trinajstić information content (AvgIpc) is 3.19. The number of hydrogen-bond acceptors (Lipinski definition) is 5. The van der Waals surface area contributed by atoms with Gasteiger partial charge in [0.15, 0.2) is 0 Å². The minimum atomic E-state index is -0.814. The van der Waals surface area contributed by atoms with E-state index in [0.29, 0.717) is 16.5 Å². The Balaban J connectivity index is 1.66. The zero-order chi connectivity index (χ0) is 20.7. The second-order valence-corrected chi connectivity index (χ2v) is 6.67. The Kier molecular flexibility index (Phi) is 4.43. The maximum atomic E-state index is 12.7. The van der Waals surface area contributed by atoms with Crippen LogP contribution in [-0.4, -0.2) is 34.5 Å². The van der Waals surface area contributed by atoms with Crippen LogP contribution in [0.4, 0.5) is 0 Å². The van der Waals surface area contributed by atoms with E-state index in [4.69, 9.17) is 9.57 Å². The maximum Gasteiger partial charge on any atom is 0.364 e. The van der Waals surface area contributed by atoms with E-state index < -0.39 is 17.8 Å². The number of ether oxygens (including phenoxy) is 1. The first kappa shape index (κ1) is 18.5. The van der Waals surface area contributed by atoms with Crippen molar-refractivity contribution in [2.75, 3.05) is 7.11 Å².